The normalized spacial score (nSPS) is 21.2. The van der Waals surface area contributed by atoms with Crippen molar-refractivity contribution >= 4 is 27.4 Å². The fourth-order valence-corrected chi connectivity index (χ4v) is 3.97. The van der Waals surface area contributed by atoms with Gasteiger partial charge in [-0.3, -0.25) is 4.68 Å². The van der Waals surface area contributed by atoms with E-state index in [0.717, 1.165) is 53.3 Å². The number of nitrogens with zero attached hydrogens (tertiary/aromatic N) is 4. The Kier molecular flexibility index (Phi) is 4.20. The van der Waals surface area contributed by atoms with Crippen LogP contribution < -0.4 is 5.32 Å². The zero-order valence-corrected chi connectivity index (χ0v) is 14.7. The van der Waals surface area contributed by atoms with Crippen molar-refractivity contribution in [1.29, 1.82) is 0 Å². The maximum absolute atomic E-state index is 6.06. The van der Waals surface area contributed by atoms with Gasteiger partial charge in [-0.15, -0.1) is 11.3 Å². The molecule has 1 aliphatic heterocycles. The first-order valence-electron chi connectivity index (χ1n) is 8.35. The van der Waals surface area contributed by atoms with E-state index in [2.05, 4.69) is 33.8 Å². The van der Waals surface area contributed by atoms with Gasteiger partial charge < -0.3 is 10.1 Å². The molecule has 0 aromatic carbocycles. The van der Waals surface area contributed by atoms with Crippen LogP contribution >= 0.6 is 11.3 Å². The van der Waals surface area contributed by atoms with Gasteiger partial charge in [0, 0.05) is 31.8 Å². The summed E-state index contributed by atoms with van der Waals surface area (Å²) in [5.41, 5.74) is 1.11. The van der Waals surface area contributed by atoms with Gasteiger partial charge in [0.15, 0.2) is 0 Å². The average Bonchev–Trinajstić information content (AvgIpc) is 3.24. The Morgan fingerprint density at radius 2 is 2.33 bits per heavy atom. The standard InChI is InChI=1S/C17H21N5OS/c1-3-14-20-16(12-6-8-24-17(12)21-14)19-13-5-4-7-23-15(13)11-9-18-22(2)10-11/h6,8-10,13,15H,3-5,7H2,1-2H3,(H,19,20,21)/t13-,15+/m0/s1. The molecular weight excluding hydrogens is 322 g/mol. The molecule has 24 heavy (non-hydrogen) atoms. The van der Waals surface area contributed by atoms with E-state index in [1.165, 1.54) is 0 Å². The number of ether oxygens (including phenoxy) is 1. The molecule has 4 heterocycles. The summed E-state index contributed by atoms with van der Waals surface area (Å²) >= 11 is 1.66. The maximum Gasteiger partial charge on any atom is 0.138 e. The molecule has 6 nitrogen and oxygen atoms in total. The summed E-state index contributed by atoms with van der Waals surface area (Å²) in [5.74, 6) is 1.80. The number of hydrogen-bond acceptors (Lipinski definition) is 6. The van der Waals surface area contributed by atoms with Crippen LogP contribution in [0.5, 0.6) is 0 Å². The largest absolute Gasteiger partial charge is 0.371 e. The molecule has 1 saturated heterocycles. The number of thiophene rings is 1. The second-order valence-corrected chi connectivity index (χ2v) is 7.01. The van der Waals surface area contributed by atoms with Crippen molar-refractivity contribution in [3.05, 3.63) is 35.2 Å². The predicted molar refractivity (Wildman–Crippen MR) is 95.3 cm³/mol. The highest BCUT2D eigenvalue weighted by atomic mass is 32.1. The quantitative estimate of drug-likeness (QED) is 0.787. The highest BCUT2D eigenvalue weighted by Gasteiger charge is 2.29. The summed E-state index contributed by atoms with van der Waals surface area (Å²) in [4.78, 5) is 10.4. The molecule has 1 fully saturated rings. The van der Waals surface area contributed by atoms with Crippen molar-refractivity contribution in [2.24, 2.45) is 7.05 Å². The molecule has 3 aromatic rings. The molecule has 0 amide bonds. The topological polar surface area (TPSA) is 64.9 Å². The van der Waals surface area contributed by atoms with Gasteiger partial charge in [-0.2, -0.15) is 5.10 Å². The highest BCUT2D eigenvalue weighted by Crippen LogP contribution is 2.33. The number of aromatic nitrogens is 4. The molecule has 4 rings (SSSR count). The minimum Gasteiger partial charge on any atom is -0.371 e. The Balaban J connectivity index is 1.66. The molecule has 0 aliphatic carbocycles. The van der Waals surface area contributed by atoms with Gasteiger partial charge in [-0.1, -0.05) is 6.92 Å². The predicted octanol–water partition coefficient (Wildman–Crippen LogP) is 3.32. The van der Waals surface area contributed by atoms with Gasteiger partial charge >= 0.3 is 0 Å². The van der Waals surface area contributed by atoms with Crippen LogP contribution in [0.2, 0.25) is 0 Å². The Labute approximate surface area is 144 Å². The molecule has 0 bridgehead atoms. The molecule has 7 heteroatoms. The average molecular weight is 343 g/mol. The van der Waals surface area contributed by atoms with Crippen LogP contribution in [0.15, 0.2) is 23.8 Å². The zero-order valence-electron chi connectivity index (χ0n) is 13.9. The molecule has 2 atom stereocenters. The van der Waals surface area contributed by atoms with Gasteiger partial charge in [0.2, 0.25) is 0 Å². The van der Waals surface area contributed by atoms with Crippen LogP contribution in [0, 0.1) is 0 Å². The third kappa shape index (κ3) is 2.89. The fraction of sp³-hybridized carbons (Fsp3) is 0.471. The first-order chi connectivity index (χ1) is 11.7. The Morgan fingerprint density at radius 3 is 3.12 bits per heavy atom. The fourth-order valence-electron chi connectivity index (χ4n) is 3.19. The van der Waals surface area contributed by atoms with Crippen LogP contribution in [-0.4, -0.2) is 32.4 Å². The van der Waals surface area contributed by atoms with Crippen LogP contribution in [-0.2, 0) is 18.2 Å². The number of hydrogen-bond donors (Lipinski definition) is 1. The van der Waals surface area contributed by atoms with E-state index in [9.17, 15) is 0 Å². The SMILES string of the molecule is CCc1nc(N[C@H]2CCCO[C@@H]2c2cnn(C)c2)c2ccsc2n1. The van der Waals surface area contributed by atoms with E-state index >= 15 is 0 Å². The third-order valence-electron chi connectivity index (χ3n) is 4.39. The van der Waals surface area contributed by atoms with Gasteiger partial charge in [0.1, 0.15) is 22.6 Å². The van der Waals surface area contributed by atoms with Crippen LogP contribution in [0.1, 0.15) is 37.3 Å². The minimum absolute atomic E-state index is 0.00109. The Morgan fingerprint density at radius 1 is 1.42 bits per heavy atom. The molecule has 1 N–H and O–H groups in total. The molecule has 3 aromatic heterocycles. The lowest BCUT2D eigenvalue weighted by Crippen LogP contribution is -2.34. The molecular formula is C17H21N5OS. The van der Waals surface area contributed by atoms with E-state index in [4.69, 9.17) is 9.72 Å². The van der Waals surface area contributed by atoms with Crippen molar-refractivity contribution in [2.75, 3.05) is 11.9 Å². The lowest BCUT2D eigenvalue weighted by Gasteiger charge is -2.32. The van der Waals surface area contributed by atoms with Gasteiger partial charge in [-0.25, -0.2) is 9.97 Å². The third-order valence-corrected chi connectivity index (χ3v) is 5.19. The van der Waals surface area contributed by atoms with E-state index < -0.39 is 0 Å². The maximum atomic E-state index is 6.06. The molecule has 1 aliphatic rings. The smallest absolute Gasteiger partial charge is 0.138 e. The molecule has 0 saturated carbocycles. The minimum atomic E-state index is 0.00109. The van der Waals surface area contributed by atoms with E-state index in [1.807, 2.05) is 24.1 Å². The lowest BCUT2D eigenvalue weighted by molar-refractivity contribution is 0.00555. The van der Waals surface area contributed by atoms with Gasteiger partial charge in [-0.05, 0) is 24.3 Å². The van der Waals surface area contributed by atoms with Crippen molar-refractivity contribution in [3.63, 3.8) is 0 Å². The lowest BCUT2D eigenvalue weighted by atomic mass is 9.98. The molecule has 0 unspecified atom stereocenters. The van der Waals surface area contributed by atoms with Gasteiger partial charge in [0.25, 0.3) is 0 Å². The Hall–Kier alpha value is -1.99. The highest BCUT2D eigenvalue weighted by molar-refractivity contribution is 7.16. The summed E-state index contributed by atoms with van der Waals surface area (Å²) in [6.45, 7) is 2.87. The van der Waals surface area contributed by atoms with Crippen LogP contribution in [0.4, 0.5) is 5.82 Å². The first kappa shape index (κ1) is 15.5. The van der Waals surface area contributed by atoms with Crippen molar-refractivity contribution < 1.29 is 4.74 Å². The molecule has 0 radical (unpaired) electrons. The van der Waals surface area contributed by atoms with Crippen molar-refractivity contribution in [3.8, 4) is 0 Å². The second kappa shape index (κ2) is 6.49. The number of anilines is 1. The van der Waals surface area contributed by atoms with Crippen LogP contribution in [0.25, 0.3) is 10.2 Å². The number of fused-ring (bicyclic) bond motifs is 1. The summed E-state index contributed by atoms with van der Waals surface area (Å²) in [6, 6.07) is 2.27. The molecule has 0 spiro atoms. The first-order valence-corrected chi connectivity index (χ1v) is 9.23. The zero-order chi connectivity index (χ0) is 16.5. The van der Waals surface area contributed by atoms with Gasteiger partial charge in [0.05, 0.1) is 17.6 Å². The monoisotopic (exact) mass is 343 g/mol. The van der Waals surface area contributed by atoms with E-state index in [-0.39, 0.29) is 12.1 Å². The summed E-state index contributed by atoms with van der Waals surface area (Å²) in [6.07, 6.45) is 6.85. The van der Waals surface area contributed by atoms with Crippen LogP contribution in [0.3, 0.4) is 0 Å². The number of rotatable bonds is 4. The number of aryl methyl sites for hydroxylation is 2. The van der Waals surface area contributed by atoms with E-state index in [0.29, 0.717) is 0 Å². The summed E-state index contributed by atoms with van der Waals surface area (Å²) in [7, 11) is 1.93. The van der Waals surface area contributed by atoms with E-state index in [1.54, 1.807) is 11.3 Å². The Bertz CT molecular complexity index is 842. The summed E-state index contributed by atoms with van der Waals surface area (Å²) in [5, 5.41) is 11.1. The second-order valence-electron chi connectivity index (χ2n) is 6.11. The van der Waals surface area contributed by atoms with Crippen molar-refractivity contribution in [1.82, 2.24) is 19.7 Å². The number of nitrogens with one attached hydrogen (secondary N) is 1. The summed E-state index contributed by atoms with van der Waals surface area (Å²) < 4.78 is 7.88. The molecule has 126 valence electrons. The van der Waals surface area contributed by atoms with Crippen molar-refractivity contribution in [2.45, 2.75) is 38.3 Å².